The Labute approximate surface area is 129 Å². The molecule has 4 rings (SSSR count). The molecule has 0 saturated heterocycles. The minimum absolute atomic E-state index is 0.0416. The SMILES string of the molecule is Fc1ccc(Nc2ncnc3c2oc2ccccc23)cc1Cl. The van der Waals surface area contributed by atoms with E-state index in [4.69, 9.17) is 16.0 Å². The van der Waals surface area contributed by atoms with Crippen LogP contribution in [0.4, 0.5) is 15.9 Å². The molecule has 0 aliphatic carbocycles. The number of benzene rings is 2. The molecule has 4 nitrogen and oxygen atoms in total. The number of nitrogens with zero attached hydrogens (tertiary/aromatic N) is 2. The van der Waals surface area contributed by atoms with Gasteiger partial charge in [-0.3, -0.25) is 0 Å². The van der Waals surface area contributed by atoms with Gasteiger partial charge in [-0.25, -0.2) is 14.4 Å². The lowest BCUT2D eigenvalue weighted by molar-refractivity contribution is 0.628. The second kappa shape index (κ2) is 4.96. The van der Waals surface area contributed by atoms with Crippen LogP contribution in [0.2, 0.25) is 5.02 Å². The lowest BCUT2D eigenvalue weighted by Crippen LogP contribution is -1.95. The Morgan fingerprint density at radius 2 is 1.95 bits per heavy atom. The maximum atomic E-state index is 13.2. The Morgan fingerprint density at radius 1 is 1.09 bits per heavy atom. The van der Waals surface area contributed by atoms with E-state index in [2.05, 4.69) is 15.3 Å². The van der Waals surface area contributed by atoms with Crippen LogP contribution < -0.4 is 5.32 Å². The predicted octanol–water partition coefficient (Wildman–Crippen LogP) is 4.91. The minimum atomic E-state index is -0.469. The zero-order chi connectivity index (χ0) is 15.1. The number of hydrogen-bond acceptors (Lipinski definition) is 4. The van der Waals surface area contributed by atoms with E-state index in [0.29, 0.717) is 17.1 Å². The van der Waals surface area contributed by atoms with Crippen molar-refractivity contribution in [2.75, 3.05) is 5.32 Å². The van der Waals surface area contributed by atoms with E-state index in [0.717, 1.165) is 16.5 Å². The summed E-state index contributed by atoms with van der Waals surface area (Å²) in [5.41, 5.74) is 2.62. The van der Waals surface area contributed by atoms with E-state index in [-0.39, 0.29) is 5.02 Å². The molecule has 2 aromatic carbocycles. The summed E-state index contributed by atoms with van der Waals surface area (Å²) < 4.78 is 19.0. The summed E-state index contributed by atoms with van der Waals surface area (Å²) in [5, 5.41) is 4.04. The van der Waals surface area contributed by atoms with Crippen molar-refractivity contribution in [1.82, 2.24) is 9.97 Å². The van der Waals surface area contributed by atoms with Gasteiger partial charge in [0.05, 0.1) is 5.02 Å². The fourth-order valence-corrected chi connectivity index (χ4v) is 2.50. The van der Waals surface area contributed by atoms with Crippen molar-refractivity contribution < 1.29 is 8.81 Å². The van der Waals surface area contributed by atoms with E-state index in [1.54, 1.807) is 6.07 Å². The number of hydrogen-bond donors (Lipinski definition) is 1. The Balaban J connectivity index is 1.86. The highest BCUT2D eigenvalue weighted by Gasteiger charge is 2.13. The molecule has 0 unspecified atom stereocenters. The van der Waals surface area contributed by atoms with Gasteiger partial charge in [0.15, 0.2) is 11.4 Å². The maximum absolute atomic E-state index is 13.2. The number of aromatic nitrogens is 2. The lowest BCUT2D eigenvalue weighted by Gasteiger charge is -2.06. The van der Waals surface area contributed by atoms with Crippen LogP contribution in [0.15, 0.2) is 53.2 Å². The second-order valence-corrected chi connectivity index (χ2v) is 5.16. The fraction of sp³-hybridized carbons (Fsp3) is 0. The van der Waals surface area contributed by atoms with Crippen LogP contribution in [0.25, 0.3) is 22.1 Å². The quantitative estimate of drug-likeness (QED) is 0.571. The first-order valence-corrected chi connectivity index (χ1v) is 6.94. The van der Waals surface area contributed by atoms with Gasteiger partial charge in [-0.15, -0.1) is 0 Å². The first-order chi connectivity index (χ1) is 10.7. The fourth-order valence-electron chi connectivity index (χ4n) is 2.32. The number of nitrogens with one attached hydrogen (secondary N) is 1. The Morgan fingerprint density at radius 3 is 2.82 bits per heavy atom. The van der Waals surface area contributed by atoms with Crippen molar-refractivity contribution in [2.24, 2.45) is 0 Å². The molecule has 0 spiro atoms. The zero-order valence-electron chi connectivity index (χ0n) is 11.2. The first kappa shape index (κ1) is 13.0. The Bertz CT molecular complexity index is 999. The van der Waals surface area contributed by atoms with Crippen molar-refractivity contribution in [1.29, 1.82) is 0 Å². The van der Waals surface area contributed by atoms with Gasteiger partial charge in [0, 0.05) is 11.1 Å². The second-order valence-electron chi connectivity index (χ2n) is 4.75. The van der Waals surface area contributed by atoms with E-state index >= 15 is 0 Å². The topological polar surface area (TPSA) is 51.0 Å². The number of rotatable bonds is 2. The summed E-state index contributed by atoms with van der Waals surface area (Å²) in [5.74, 6) is 0.0349. The van der Waals surface area contributed by atoms with Crippen LogP contribution in [0.5, 0.6) is 0 Å². The Hall–Kier alpha value is -2.66. The third-order valence-electron chi connectivity index (χ3n) is 3.34. The molecule has 0 aliphatic heterocycles. The van der Waals surface area contributed by atoms with Crippen LogP contribution in [0, 0.1) is 5.82 Å². The van der Waals surface area contributed by atoms with Crippen molar-refractivity contribution in [3.8, 4) is 0 Å². The van der Waals surface area contributed by atoms with Crippen LogP contribution in [-0.4, -0.2) is 9.97 Å². The smallest absolute Gasteiger partial charge is 0.196 e. The van der Waals surface area contributed by atoms with Gasteiger partial charge in [-0.05, 0) is 30.3 Å². The molecule has 1 N–H and O–H groups in total. The molecule has 6 heteroatoms. The molecule has 0 atom stereocenters. The van der Waals surface area contributed by atoms with Crippen molar-refractivity contribution in [3.05, 3.63) is 59.6 Å². The molecule has 0 saturated carbocycles. The third-order valence-corrected chi connectivity index (χ3v) is 3.63. The number of anilines is 2. The molecule has 4 aromatic rings. The molecular formula is C16H9ClFN3O. The monoisotopic (exact) mass is 313 g/mol. The predicted molar refractivity (Wildman–Crippen MR) is 84.0 cm³/mol. The highest BCUT2D eigenvalue weighted by molar-refractivity contribution is 6.31. The van der Waals surface area contributed by atoms with E-state index in [1.165, 1.54) is 18.5 Å². The summed E-state index contributed by atoms with van der Waals surface area (Å²) in [6.07, 6.45) is 1.46. The molecule has 2 heterocycles. The summed E-state index contributed by atoms with van der Waals surface area (Å²) in [6.45, 7) is 0. The van der Waals surface area contributed by atoms with Crippen LogP contribution >= 0.6 is 11.6 Å². The van der Waals surface area contributed by atoms with Crippen molar-refractivity contribution >= 4 is 45.2 Å². The summed E-state index contributed by atoms with van der Waals surface area (Å²) in [4.78, 5) is 8.47. The molecule has 0 bridgehead atoms. The first-order valence-electron chi connectivity index (χ1n) is 6.57. The molecule has 0 aliphatic rings. The van der Waals surface area contributed by atoms with Gasteiger partial charge >= 0.3 is 0 Å². The standard InChI is InChI=1S/C16H9ClFN3O/c17-11-7-9(5-6-12(11)18)21-16-15-14(19-8-20-16)10-3-1-2-4-13(10)22-15/h1-8H,(H,19,20,21). The molecular weight excluding hydrogens is 305 g/mol. The lowest BCUT2D eigenvalue weighted by atomic mass is 10.2. The zero-order valence-corrected chi connectivity index (χ0v) is 11.9. The van der Waals surface area contributed by atoms with Crippen LogP contribution in [0.1, 0.15) is 0 Å². The van der Waals surface area contributed by atoms with Gasteiger partial charge in [0.2, 0.25) is 0 Å². The summed E-state index contributed by atoms with van der Waals surface area (Å²) in [6, 6.07) is 12.0. The third kappa shape index (κ3) is 2.07. The van der Waals surface area contributed by atoms with Crippen LogP contribution in [0.3, 0.4) is 0 Å². The molecule has 0 amide bonds. The maximum Gasteiger partial charge on any atom is 0.196 e. The Kier molecular flexibility index (Phi) is 2.94. The van der Waals surface area contributed by atoms with Crippen molar-refractivity contribution in [2.45, 2.75) is 0 Å². The van der Waals surface area contributed by atoms with E-state index in [1.807, 2.05) is 24.3 Å². The molecule has 0 radical (unpaired) electrons. The highest BCUT2D eigenvalue weighted by atomic mass is 35.5. The number of furan rings is 1. The van der Waals surface area contributed by atoms with Gasteiger partial charge in [0.1, 0.15) is 23.2 Å². The summed E-state index contributed by atoms with van der Waals surface area (Å²) >= 11 is 5.79. The average Bonchev–Trinajstić information content (AvgIpc) is 2.91. The number of para-hydroxylation sites is 1. The van der Waals surface area contributed by atoms with E-state index in [9.17, 15) is 4.39 Å². The normalized spacial score (nSPS) is 11.2. The molecule has 22 heavy (non-hydrogen) atoms. The highest BCUT2D eigenvalue weighted by Crippen LogP contribution is 2.32. The van der Waals surface area contributed by atoms with Gasteiger partial charge in [-0.2, -0.15) is 0 Å². The molecule has 0 fully saturated rings. The molecule has 108 valence electrons. The summed E-state index contributed by atoms with van der Waals surface area (Å²) in [7, 11) is 0. The van der Waals surface area contributed by atoms with Gasteiger partial charge in [-0.1, -0.05) is 23.7 Å². The minimum Gasteiger partial charge on any atom is -0.450 e. The van der Waals surface area contributed by atoms with Gasteiger partial charge < -0.3 is 9.73 Å². The number of fused-ring (bicyclic) bond motifs is 3. The van der Waals surface area contributed by atoms with Gasteiger partial charge in [0.25, 0.3) is 0 Å². The largest absolute Gasteiger partial charge is 0.450 e. The number of halogens is 2. The van der Waals surface area contributed by atoms with E-state index < -0.39 is 5.82 Å². The molecule has 2 aromatic heterocycles. The average molecular weight is 314 g/mol. The van der Waals surface area contributed by atoms with Crippen molar-refractivity contribution in [3.63, 3.8) is 0 Å². The van der Waals surface area contributed by atoms with Crippen LogP contribution in [-0.2, 0) is 0 Å².